The van der Waals surface area contributed by atoms with Crippen molar-refractivity contribution in [1.82, 2.24) is 15.2 Å². The number of likely N-dealkylation sites (tertiary alicyclic amines) is 1. The summed E-state index contributed by atoms with van der Waals surface area (Å²) in [5.74, 6) is -0.919. The standard InChI is InChI=1S/C36H40FN3O7/c37-26-9-7-25(8-10-26)36(35(45)46)17-20-40(21-18-36)34(44)24-5-11-27(12-6-24)47-22-4-2-1-3-19-38-23-31(42)28-13-15-30(41)33-29(28)14-16-32(43)39-33/h5-16,31,38,41-42H,1-4,17-23H2,(H,39,43)(H,45,46). The highest BCUT2D eigenvalue weighted by atomic mass is 19.1. The third kappa shape index (κ3) is 7.98. The van der Waals surface area contributed by atoms with Crippen molar-refractivity contribution in [2.45, 2.75) is 50.0 Å². The number of aliphatic carboxylic acids is 1. The Morgan fingerprint density at radius 1 is 0.936 bits per heavy atom. The molecule has 0 radical (unpaired) electrons. The van der Waals surface area contributed by atoms with Gasteiger partial charge in [0.15, 0.2) is 0 Å². The first-order valence-corrected chi connectivity index (χ1v) is 15.9. The minimum atomic E-state index is -1.14. The number of carbonyl (C=O) groups excluding carboxylic acids is 1. The van der Waals surface area contributed by atoms with Crippen molar-refractivity contribution in [1.29, 1.82) is 0 Å². The zero-order valence-electron chi connectivity index (χ0n) is 26.1. The van der Waals surface area contributed by atoms with Gasteiger partial charge in [-0.05, 0) is 91.9 Å². The number of fused-ring (bicyclic) bond motifs is 1. The third-order valence-corrected chi connectivity index (χ3v) is 8.93. The van der Waals surface area contributed by atoms with Gasteiger partial charge in [0.1, 0.15) is 17.3 Å². The highest BCUT2D eigenvalue weighted by Gasteiger charge is 2.44. The van der Waals surface area contributed by atoms with Gasteiger partial charge in [0.05, 0.1) is 23.6 Å². The van der Waals surface area contributed by atoms with E-state index in [0.29, 0.717) is 46.5 Å². The number of aliphatic hydroxyl groups is 1. The molecule has 0 aliphatic carbocycles. The maximum absolute atomic E-state index is 13.4. The molecule has 5 N–H and O–H groups in total. The van der Waals surface area contributed by atoms with Crippen LogP contribution in [0.3, 0.4) is 0 Å². The molecule has 1 amide bonds. The second-order valence-corrected chi connectivity index (χ2v) is 12.0. The fourth-order valence-corrected chi connectivity index (χ4v) is 6.16. The van der Waals surface area contributed by atoms with E-state index in [-0.39, 0.29) is 43.1 Å². The van der Waals surface area contributed by atoms with E-state index in [0.717, 1.165) is 32.2 Å². The van der Waals surface area contributed by atoms with Gasteiger partial charge in [-0.1, -0.05) is 31.0 Å². The smallest absolute Gasteiger partial charge is 0.314 e. The van der Waals surface area contributed by atoms with E-state index in [2.05, 4.69) is 10.3 Å². The van der Waals surface area contributed by atoms with Crippen molar-refractivity contribution in [3.63, 3.8) is 0 Å². The van der Waals surface area contributed by atoms with Crippen molar-refractivity contribution in [2.75, 3.05) is 32.8 Å². The highest BCUT2D eigenvalue weighted by Crippen LogP contribution is 2.36. The van der Waals surface area contributed by atoms with Gasteiger partial charge in [-0.25, -0.2) is 4.39 Å². The molecule has 47 heavy (non-hydrogen) atoms. The highest BCUT2D eigenvalue weighted by molar-refractivity contribution is 5.94. The molecule has 1 atom stereocenters. The number of hydrogen-bond donors (Lipinski definition) is 5. The molecule has 5 rings (SSSR count). The van der Waals surface area contributed by atoms with E-state index in [1.807, 2.05) is 0 Å². The number of unbranched alkanes of at least 4 members (excludes halogenated alkanes) is 3. The van der Waals surface area contributed by atoms with Gasteiger partial charge in [0.25, 0.3) is 5.91 Å². The molecule has 0 spiro atoms. The largest absolute Gasteiger partial charge is 0.506 e. The number of carboxylic acids is 1. The maximum Gasteiger partial charge on any atom is 0.314 e. The fraction of sp³-hybridized carbons (Fsp3) is 0.361. The number of nitrogens with zero attached hydrogens (tertiary/aromatic N) is 1. The van der Waals surface area contributed by atoms with Crippen LogP contribution in [-0.4, -0.2) is 69.9 Å². The molecule has 248 valence electrons. The summed E-state index contributed by atoms with van der Waals surface area (Å²) in [6, 6.07) is 18.6. The number of pyridine rings is 1. The number of ether oxygens (including phenoxy) is 1. The zero-order valence-corrected chi connectivity index (χ0v) is 26.1. The number of H-pyrrole nitrogens is 1. The summed E-state index contributed by atoms with van der Waals surface area (Å²) in [6.07, 6.45) is 3.48. The van der Waals surface area contributed by atoms with Crippen molar-refractivity contribution < 1.29 is 34.0 Å². The Balaban J connectivity index is 0.977. The number of amides is 1. The first-order chi connectivity index (χ1) is 22.7. The van der Waals surface area contributed by atoms with Crippen LogP contribution in [0.5, 0.6) is 11.5 Å². The molecule has 0 bridgehead atoms. The number of aromatic amines is 1. The van der Waals surface area contributed by atoms with E-state index in [1.165, 1.54) is 36.4 Å². The van der Waals surface area contributed by atoms with Crippen molar-refractivity contribution in [3.05, 3.63) is 106 Å². The van der Waals surface area contributed by atoms with E-state index in [4.69, 9.17) is 4.74 Å². The summed E-state index contributed by atoms with van der Waals surface area (Å²) >= 11 is 0. The molecule has 1 aliphatic rings. The number of halogens is 1. The average Bonchev–Trinajstić information content (AvgIpc) is 3.08. The van der Waals surface area contributed by atoms with Gasteiger partial charge < -0.3 is 35.3 Å². The van der Waals surface area contributed by atoms with Gasteiger partial charge in [-0.2, -0.15) is 0 Å². The number of aliphatic hydroxyl groups excluding tert-OH is 1. The predicted octanol–water partition coefficient (Wildman–Crippen LogP) is 4.89. The lowest BCUT2D eigenvalue weighted by atomic mass is 9.72. The topological polar surface area (TPSA) is 152 Å². The van der Waals surface area contributed by atoms with E-state index < -0.39 is 23.3 Å². The van der Waals surface area contributed by atoms with Gasteiger partial charge in [0.2, 0.25) is 5.56 Å². The number of carboxylic acid groups (broad SMARTS) is 1. The number of phenolic OH excluding ortho intramolecular Hbond substituents is 1. The Bertz CT molecular complexity index is 1730. The molecule has 1 unspecified atom stereocenters. The number of rotatable bonds is 14. The molecular weight excluding hydrogens is 605 g/mol. The van der Waals surface area contributed by atoms with Gasteiger partial charge >= 0.3 is 5.97 Å². The number of benzene rings is 3. The maximum atomic E-state index is 13.4. The number of carbonyl (C=O) groups is 2. The molecule has 1 aliphatic heterocycles. The lowest BCUT2D eigenvalue weighted by molar-refractivity contribution is -0.145. The Morgan fingerprint density at radius 2 is 1.64 bits per heavy atom. The first kappa shape index (κ1) is 33.6. The Kier molecular flexibility index (Phi) is 10.9. The fourth-order valence-electron chi connectivity index (χ4n) is 6.16. The molecule has 1 saturated heterocycles. The number of aromatic nitrogens is 1. The SMILES string of the molecule is O=C(c1ccc(OCCCCCCNCC(O)c2ccc(O)c3[nH]c(=O)ccc23)cc1)N1CCC(C(=O)O)(c2ccc(F)cc2)CC1. The predicted molar refractivity (Wildman–Crippen MR) is 175 cm³/mol. The van der Waals surface area contributed by atoms with Crippen LogP contribution in [0, 0.1) is 5.82 Å². The van der Waals surface area contributed by atoms with Crippen molar-refractivity contribution in [2.24, 2.45) is 0 Å². The molecular formula is C36H40FN3O7. The zero-order chi connectivity index (χ0) is 33.4. The van der Waals surface area contributed by atoms with Gasteiger partial charge in [-0.3, -0.25) is 14.4 Å². The van der Waals surface area contributed by atoms with Crippen molar-refractivity contribution >= 4 is 22.8 Å². The van der Waals surface area contributed by atoms with Gasteiger partial charge in [-0.15, -0.1) is 0 Å². The number of phenols is 1. The lowest BCUT2D eigenvalue weighted by Gasteiger charge is -2.39. The number of hydrogen-bond acceptors (Lipinski definition) is 7. The second-order valence-electron chi connectivity index (χ2n) is 12.0. The van der Waals surface area contributed by atoms with Crippen LogP contribution in [0.25, 0.3) is 10.9 Å². The van der Waals surface area contributed by atoms with E-state index >= 15 is 0 Å². The molecule has 2 heterocycles. The Hall–Kier alpha value is -4.74. The lowest BCUT2D eigenvalue weighted by Crippen LogP contribution is -2.49. The van der Waals surface area contributed by atoms with E-state index in [1.54, 1.807) is 41.3 Å². The summed E-state index contributed by atoms with van der Waals surface area (Å²) in [5.41, 5.74) is 0.541. The Morgan fingerprint density at radius 3 is 2.34 bits per heavy atom. The summed E-state index contributed by atoms with van der Waals surface area (Å²) in [7, 11) is 0. The normalized spacial score (nSPS) is 15.0. The molecule has 10 nitrogen and oxygen atoms in total. The monoisotopic (exact) mass is 645 g/mol. The molecule has 4 aromatic rings. The summed E-state index contributed by atoms with van der Waals surface area (Å²) in [5, 5.41) is 34.5. The van der Waals surface area contributed by atoms with Gasteiger partial charge in [0, 0.05) is 36.7 Å². The quantitative estimate of drug-likeness (QED) is 0.122. The van der Waals surface area contributed by atoms with Crippen LogP contribution in [0.15, 0.2) is 77.6 Å². The van der Waals surface area contributed by atoms with Crippen LogP contribution >= 0.6 is 0 Å². The Labute approximate surface area is 271 Å². The van der Waals surface area contributed by atoms with E-state index in [9.17, 15) is 34.1 Å². The first-order valence-electron chi connectivity index (χ1n) is 15.9. The molecule has 1 aromatic heterocycles. The number of aromatic hydroxyl groups is 1. The molecule has 3 aromatic carbocycles. The number of piperidine rings is 1. The minimum absolute atomic E-state index is 0.0385. The summed E-state index contributed by atoms with van der Waals surface area (Å²) < 4.78 is 19.3. The molecule has 1 fully saturated rings. The van der Waals surface area contributed by atoms with Crippen LogP contribution in [0.4, 0.5) is 4.39 Å². The average molecular weight is 646 g/mol. The minimum Gasteiger partial charge on any atom is -0.506 e. The molecule has 11 heteroatoms. The van der Waals surface area contributed by atoms with Crippen LogP contribution in [-0.2, 0) is 10.2 Å². The third-order valence-electron chi connectivity index (χ3n) is 8.93. The summed E-state index contributed by atoms with van der Waals surface area (Å²) in [6.45, 7) is 2.20. The summed E-state index contributed by atoms with van der Waals surface area (Å²) in [4.78, 5) is 41.2. The number of nitrogens with one attached hydrogen (secondary N) is 2. The second kappa shape index (κ2) is 15.2. The van der Waals surface area contributed by atoms with Crippen LogP contribution in [0.1, 0.15) is 66.1 Å². The van der Waals surface area contributed by atoms with Crippen LogP contribution < -0.4 is 15.6 Å². The van der Waals surface area contributed by atoms with Crippen LogP contribution in [0.2, 0.25) is 0 Å². The molecule has 0 saturated carbocycles. The van der Waals surface area contributed by atoms with Crippen molar-refractivity contribution in [3.8, 4) is 11.5 Å².